The normalized spacial score (nSPS) is 16.3. The summed E-state index contributed by atoms with van der Waals surface area (Å²) in [6.07, 6.45) is 0.729. The summed E-state index contributed by atoms with van der Waals surface area (Å²) >= 11 is 0. The minimum atomic E-state index is -0.645. The van der Waals surface area contributed by atoms with Crippen LogP contribution in [-0.2, 0) is 0 Å². The van der Waals surface area contributed by atoms with Crippen molar-refractivity contribution in [3.63, 3.8) is 0 Å². The SMILES string of the molecule is CCCN(CCC)N(C(C)O)C(C)O. The van der Waals surface area contributed by atoms with Crippen molar-refractivity contribution in [3.05, 3.63) is 0 Å². The molecular weight excluding hydrogens is 180 g/mol. The number of hydrogen-bond donors (Lipinski definition) is 2. The minimum Gasteiger partial charge on any atom is -0.377 e. The zero-order chi connectivity index (χ0) is 11.1. The average Bonchev–Trinajstić information content (AvgIpc) is 2.03. The maximum absolute atomic E-state index is 9.53. The van der Waals surface area contributed by atoms with Crippen LogP contribution in [0.25, 0.3) is 0 Å². The monoisotopic (exact) mass is 204 g/mol. The van der Waals surface area contributed by atoms with Crippen molar-refractivity contribution in [1.29, 1.82) is 0 Å². The molecule has 0 aliphatic heterocycles. The van der Waals surface area contributed by atoms with Crippen molar-refractivity contribution in [2.24, 2.45) is 0 Å². The van der Waals surface area contributed by atoms with E-state index >= 15 is 0 Å². The van der Waals surface area contributed by atoms with Crippen LogP contribution in [0.5, 0.6) is 0 Å². The number of hydrazine groups is 1. The Morgan fingerprint density at radius 3 is 1.50 bits per heavy atom. The van der Waals surface area contributed by atoms with Gasteiger partial charge in [-0.05, 0) is 26.7 Å². The highest BCUT2D eigenvalue weighted by molar-refractivity contribution is 4.59. The van der Waals surface area contributed by atoms with Gasteiger partial charge in [0.25, 0.3) is 0 Å². The first kappa shape index (κ1) is 13.8. The van der Waals surface area contributed by atoms with Crippen LogP contribution in [0.15, 0.2) is 0 Å². The van der Waals surface area contributed by atoms with Gasteiger partial charge < -0.3 is 10.2 Å². The van der Waals surface area contributed by atoms with Gasteiger partial charge in [-0.2, -0.15) is 5.01 Å². The van der Waals surface area contributed by atoms with Gasteiger partial charge >= 0.3 is 0 Å². The molecule has 0 spiro atoms. The topological polar surface area (TPSA) is 46.9 Å². The largest absolute Gasteiger partial charge is 0.377 e. The van der Waals surface area contributed by atoms with E-state index in [1.54, 1.807) is 18.9 Å². The van der Waals surface area contributed by atoms with E-state index < -0.39 is 12.5 Å². The number of hydrogen-bond acceptors (Lipinski definition) is 4. The van der Waals surface area contributed by atoms with Gasteiger partial charge in [0.2, 0.25) is 0 Å². The van der Waals surface area contributed by atoms with E-state index in [1.165, 1.54) is 0 Å². The van der Waals surface area contributed by atoms with Gasteiger partial charge in [0.15, 0.2) is 0 Å². The molecule has 0 aromatic rings. The van der Waals surface area contributed by atoms with Crippen LogP contribution >= 0.6 is 0 Å². The fourth-order valence-corrected chi connectivity index (χ4v) is 1.64. The smallest absolute Gasteiger partial charge is 0.120 e. The molecule has 0 aliphatic carbocycles. The Balaban J connectivity index is 4.37. The molecule has 4 nitrogen and oxygen atoms in total. The average molecular weight is 204 g/mol. The Bertz CT molecular complexity index is 126. The van der Waals surface area contributed by atoms with Gasteiger partial charge in [-0.3, -0.25) is 0 Å². The van der Waals surface area contributed by atoms with Gasteiger partial charge in [-0.25, -0.2) is 5.01 Å². The highest BCUT2D eigenvalue weighted by atomic mass is 16.3. The zero-order valence-electron chi connectivity index (χ0n) is 9.77. The summed E-state index contributed by atoms with van der Waals surface area (Å²) in [5.74, 6) is 0. The number of aliphatic hydroxyl groups is 2. The number of rotatable bonds is 7. The zero-order valence-corrected chi connectivity index (χ0v) is 9.77. The summed E-state index contributed by atoms with van der Waals surface area (Å²) in [7, 11) is 0. The maximum atomic E-state index is 9.53. The third-order valence-electron chi connectivity index (χ3n) is 2.06. The minimum absolute atomic E-state index is 0.645. The van der Waals surface area contributed by atoms with E-state index in [4.69, 9.17) is 0 Å². The lowest BCUT2D eigenvalue weighted by Gasteiger charge is -2.38. The number of nitrogens with zero attached hydrogens (tertiary/aromatic N) is 2. The fourth-order valence-electron chi connectivity index (χ4n) is 1.64. The van der Waals surface area contributed by atoms with Crippen LogP contribution in [0.4, 0.5) is 0 Å². The van der Waals surface area contributed by atoms with Crippen molar-refractivity contribution in [2.75, 3.05) is 13.1 Å². The molecule has 0 amide bonds. The highest BCUT2D eigenvalue weighted by Gasteiger charge is 2.22. The van der Waals surface area contributed by atoms with Gasteiger partial charge in [0.1, 0.15) is 12.5 Å². The lowest BCUT2D eigenvalue weighted by Crippen LogP contribution is -2.52. The second-order valence-corrected chi connectivity index (χ2v) is 3.60. The van der Waals surface area contributed by atoms with Gasteiger partial charge in [-0.15, -0.1) is 0 Å². The van der Waals surface area contributed by atoms with Crippen molar-refractivity contribution in [2.45, 2.75) is 53.0 Å². The molecule has 0 aromatic heterocycles. The molecular formula is C10H24N2O2. The van der Waals surface area contributed by atoms with Crippen molar-refractivity contribution in [3.8, 4) is 0 Å². The molecule has 86 valence electrons. The van der Waals surface area contributed by atoms with Gasteiger partial charge in [-0.1, -0.05) is 13.8 Å². The van der Waals surface area contributed by atoms with E-state index in [0.29, 0.717) is 0 Å². The predicted octanol–water partition coefficient (Wildman–Crippen LogP) is 1.00. The van der Waals surface area contributed by atoms with Crippen molar-refractivity contribution >= 4 is 0 Å². The Hall–Kier alpha value is -0.160. The summed E-state index contributed by atoms with van der Waals surface area (Å²) in [6.45, 7) is 9.25. The second-order valence-electron chi connectivity index (χ2n) is 3.60. The van der Waals surface area contributed by atoms with Crippen LogP contribution in [0, 0.1) is 0 Å². The van der Waals surface area contributed by atoms with E-state index in [1.807, 2.05) is 5.01 Å². The molecule has 4 heteroatoms. The van der Waals surface area contributed by atoms with E-state index in [0.717, 1.165) is 25.9 Å². The second kappa shape index (κ2) is 7.17. The van der Waals surface area contributed by atoms with Gasteiger partial charge in [0, 0.05) is 13.1 Å². The van der Waals surface area contributed by atoms with Crippen LogP contribution in [0.2, 0.25) is 0 Å². The standard InChI is InChI=1S/C10H24N2O2/c1-5-7-11(8-6-2)12(9(3)13)10(4)14/h9-10,13-14H,5-8H2,1-4H3. The van der Waals surface area contributed by atoms with Crippen LogP contribution in [0.1, 0.15) is 40.5 Å². The third kappa shape index (κ3) is 4.37. The molecule has 0 aliphatic rings. The molecule has 0 aromatic carbocycles. The lowest BCUT2D eigenvalue weighted by atomic mass is 10.4. The van der Waals surface area contributed by atoms with Crippen molar-refractivity contribution in [1.82, 2.24) is 10.0 Å². The Morgan fingerprint density at radius 1 is 0.929 bits per heavy atom. The summed E-state index contributed by atoms with van der Waals surface area (Å²) in [5, 5.41) is 22.7. The lowest BCUT2D eigenvalue weighted by molar-refractivity contribution is -0.206. The molecule has 2 N–H and O–H groups in total. The first-order chi connectivity index (χ1) is 6.54. The first-order valence-corrected chi connectivity index (χ1v) is 5.43. The molecule has 0 bridgehead atoms. The molecule has 0 radical (unpaired) electrons. The molecule has 0 saturated heterocycles. The van der Waals surface area contributed by atoms with Crippen molar-refractivity contribution < 1.29 is 10.2 Å². The van der Waals surface area contributed by atoms with E-state index in [2.05, 4.69) is 13.8 Å². The Labute approximate surface area is 87.1 Å². The fraction of sp³-hybridized carbons (Fsp3) is 1.00. The molecule has 0 heterocycles. The summed E-state index contributed by atoms with van der Waals surface area (Å²) in [4.78, 5) is 0. The van der Waals surface area contributed by atoms with Crippen LogP contribution < -0.4 is 0 Å². The molecule has 0 saturated carbocycles. The Morgan fingerprint density at radius 2 is 1.29 bits per heavy atom. The summed E-state index contributed by atoms with van der Waals surface area (Å²) in [5.41, 5.74) is 0. The van der Waals surface area contributed by atoms with Gasteiger partial charge in [0.05, 0.1) is 0 Å². The molecule has 0 rings (SSSR count). The molecule has 2 unspecified atom stereocenters. The van der Waals surface area contributed by atoms with E-state index in [9.17, 15) is 10.2 Å². The summed E-state index contributed by atoms with van der Waals surface area (Å²) in [6, 6.07) is 0. The van der Waals surface area contributed by atoms with E-state index in [-0.39, 0.29) is 0 Å². The molecule has 2 atom stereocenters. The van der Waals surface area contributed by atoms with Crippen LogP contribution in [-0.4, -0.2) is 45.8 Å². The maximum Gasteiger partial charge on any atom is 0.120 e. The Kier molecular flexibility index (Phi) is 7.09. The number of aliphatic hydroxyl groups excluding tert-OH is 2. The quantitative estimate of drug-likeness (QED) is 0.480. The highest BCUT2D eigenvalue weighted by Crippen LogP contribution is 2.08. The third-order valence-corrected chi connectivity index (χ3v) is 2.06. The van der Waals surface area contributed by atoms with Crippen LogP contribution in [0.3, 0.4) is 0 Å². The first-order valence-electron chi connectivity index (χ1n) is 5.43. The molecule has 0 fully saturated rings. The summed E-state index contributed by atoms with van der Waals surface area (Å²) < 4.78 is 0. The molecule has 14 heavy (non-hydrogen) atoms. The predicted molar refractivity (Wildman–Crippen MR) is 57.4 cm³/mol.